The summed E-state index contributed by atoms with van der Waals surface area (Å²) in [6.45, 7) is 4.72. The fraction of sp³-hybridized carbons (Fsp3) is 0.0370. The van der Waals surface area contributed by atoms with E-state index in [0.717, 1.165) is 0 Å². The molecule has 1 aliphatic rings. The minimum atomic E-state index is -0.0450. The van der Waals surface area contributed by atoms with Crippen molar-refractivity contribution in [1.29, 1.82) is 0 Å². The van der Waals surface area contributed by atoms with E-state index in [1.807, 2.05) is 0 Å². The molecule has 1 aliphatic carbocycles. The highest BCUT2D eigenvalue weighted by Gasteiger charge is 2.36. The summed E-state index contributed by atoms with van der Waals surface area (Å²) in [6, 6.07) is 110. The standard InChI is InChI=1S/C45H32N2.C36H24N2/c1-45(2)39-15-7-3-11-33(39)37-27-38-36-14-6-10-18-43(36)47(44(38)28-40(37)45)32-25-21-30(22-26-32)29-19-23-31(24-20-29)46-41-16-8-4-12-34(41)35-13-5-9-17-42(35)46;1-5-13-33-29(9-1)30-10-2-6-14-34(30)37(33)27-21-17-25(18-22-27)26-19-23-28(24-20-26)38-35-15-7-3-11-31(35)32-12-4-8-16-36(32)38/h3-28H,1-2H3;1-24H. The van der Waals surface area contributed by atoms with Crippen LogP contribution in [0, 0.1) is 0 Å². The molecule has 18 rings (SSSR count). The number of nitrogens with zero attached hydrogens (tertiary/aromatic N) is 4. The Morgan fingerprint density at radius 1 is 0.200 bits per heavy atom. The number of hydrogen-bond acceptors (Lipinski definition) is 0. The van der Waals surface area contributed by atoms with Gasteiger partial charge in [0.15, 0.2) is 0 Å². The van der Waals surface area contributed by atoms with Gasteiger partial charge in [-0.2, -0.15) is 0 Å². The zero-order chi connectivity index (χ0) is 56.3. The molecule has 4 heteroatoms. The lowest BCUT2D eigenvalue weighted by molar-refractivity contribution is 0.661. The Kier molecular flexibility index (Phi) is 10.9. The molecule has 0 radical (unpaired) electrons. The van der Waals surface area contributed by atoms with Crippen LogP contribution in [0.2, 0.25) is 0 Å². The Morgan fingerprint density at radius 3 is 0.753 bits per heavy atom. The van der Waals surface area contributed by atoms with Crippen molar-refractivity contribution in [3.63, 3.8) is 0 Å². The van der Waals surface area contributed by atoms with E-state index in [-0.39, 0.29) is 5.41 Å². The third-order valence-electron chi connectivity index (χ3n) is 18.3. The summed E-state index contributed by atoms with van der Waals surface area (Å²) < 4.78 is 9.54. The molecule has 0 unspecified atom stereocenters. The molecule has 0 aliphatic heterocycles. The van der Waals surface area contributed by atoms with Crippen LogP contribution in [-0.4, -0.2) is 18.3 Å². The van der Waals surface area contributed by atoms with Gasteiger partial charge in [-0.25, -0.2) is 0 Å². The van der Waals surface area contributed by atoms with Gasteiger partial charge >= 0.3 is 0 Å². The largest absolute Gasteiger partial charge is 0.309 e. The Labute approximate surface area is 492 Å². The molecule has 0 bridgehead atoms. The molecular formula is C81H56N4. The summed E-state index contributed by atoms with van der Waals surface area (Å²) >= 11 is 0. The predicted molar refractivity (Wildman–Crippen MR) is 359 cm³/mol. The highest BCUT2D eigenvalue weighted by atomic mass is 15.0. The summed E-state index contributed by atoms with van der Waals surface area (Å²) in [4.78, 5) is 0. The first kappa shape index (κ1) is 48.7. The fourth-order valence-corrected chi connectivity index (χ4v) is 14.3. The van der Waals surface area contributed by atoms with Crippen molar-refractivity contribution in [2.75, 3.05) is 0 Å². The van der Waals surface area contributed by atoms with Gasteiger partial charge in [0.25, 0.3) is 0 Å². The number of hydrogen-bond donors (Lipinski definition) is 0. The molecule has 13 aromatic carbocycles. The molecule has 0 fully saturated rings. The van der Waals surface area contributed by atoms with Crippen LogP contribution in [0.25, 0.3) is 143 Å². The molecule has 4 nitrogen and oxygen atoms in total. The maximum Gasteiger partial charge on any atom is 0.0544 e. The first-order valence-corrected chi connectivity index (χ1v) is 29.5. The zero-order valence-electron chi connectivity index (χ0n) is 47.2. The van der Waals surface area contributed by atoms with E-state index >= 15 is 0 Å². The van der Waals surface area contributed by atoms with Gasteiger partial charge in [0.1, 0.15) is 0 Å². The fourth-order valence-electron chi connectivity index (χ4n) is 14.3. The predicted octanol–water partition coefficient (Wildman–Crippen LogP) is 21.4. The van der Waals surface area contributed by atoms with Crippen molar-refractivity contribution in [2.24, 2.45) is 0 Å². The molecule has 400 valence electrons. The molecule has 0 saturated carbocycles. The minimum absolute atomic E-state index is 0.0450. The molecule has 4 aromatic heterocycles. The van der Waals surface area contributed by atoms with Crippen LogP contribution in [0.4, 0.5) is 0 Å². The van der Waals surface area contributed by atoms with Gasteiger partial charge in [-0.05, 0) is 148 Å². The van der Waals surface area contributed by atoms with Gasteiger partial charge in [-0.3, -0.25) is 0 Å². The van der Waals surface area contributed by atoms with E-state index in [1.165, 1.54) is 154 Å². The van der Waals surface area contributed by atoms with Crippen LogP contribution in [0.5, 0.6) is 0 Å². The molecule has 0 atom stereocenters. The Morgan fingerprint density at radius 2 is 0.447 bits per heavy atom. The van der Waals surface area contributed by atoms with E-state index < -0.39 is 0 Å². The normalized spacial score (nSPS) is 12.7. The van der Waals surface area contributed by atoms with Gasteiger partial charge in [0.05, 0.1) is 44.1 Å². The third-order valence-corrected chi connectivity index (χ3v) is 18.3. The monoisotopic (exact) mass is 1080 g/mol. The van der Waals surface area contributed by atoms with Crippen LogP contribution in [0.1, 0.15) is 25.0 Å². The minimum Gasteiger partial charge on any atom is -0.309 e. The SMILES string of the molecule is CC1(C)c2ccccc2-c2cc3c4ccccc4n(-c4ccc(-c5ccc(-n6c7ccccc7c7ccccc76)cc5)cc4)c3cc21.c1ccc2c(c1)c1ccccc1n2-c1ccc(-c2ccc(-n3c4ccccc4c4ccccc43)cc2)cc1. The molecular weight excluding hydrogens is 1030 g/mol. The van der Waals surface area contributed by atoms with Gasteiger partial charge in [-0.15, -0.1) is 0 Å². The van der Waals surface area contributed by atoms with Gasteiger partial charge in [0, 0.05) is 71.3 Å². The number of fused-ring (bicyclic) bond motifs is 15. The lowest BCUT2D eigenvalue weighted by Crippen LogP contribution is -2.14. The molecule has 0 amide bonds. The van der Waals surface area contributed by atoms with Crippen LogP contribution >= 0.6 is 0 Å². The second-order valence-corrected chi connectivity index (χ2v) is 23.2. The molecule has 0 saturated heterocycles. The van der Waals surface area contributed by atoms with Crippen molar-refractivity contribution in [3.05, 3.63) is 314 Å². The zero-order valence-corrected chi connectivity index (χ0v) is 47.2. The number of benzene rings is 13. The van der Waals surface area contributed by atoms with E-state index in [1.54, 1.807) is 0 Å². The van der Waals surface area contributed by atoms with Gasteiger partial charge < -0.3 is 18.3 Å². The van der Waals surface area contributed by atoms with Crippen molar-refractivity contribution in [3.8, 4) is 56.1 Å². The van der Waals surface area contributed by atoms with E-state index in [0.29, 0.717) is 0 Å². The molecule has 0 spiro atoms. The smallest absolute Gasteiger partial charge is 0.0544 e. The quantitative estimate of drug-likeness (QED) is 0.158. The summed E-state index contributed by atoms with van der Waals surface area (Å²) in [5.74, 6) is 0. The average Bonchev–Trinajstić information content (AvgIpc) is 1.79. The first-order chi connectivity index (χ1) is 41.9. The topological polar surface area (TPSA) is 19.7 Å². The highest BCUT2D eigenvalue weighted by molar-refractivity contribution is 6.13. The maximum absolute atomic E-state index is 2.45. The van der Waals surface area contributed by atoms with E-state index in [2.05, 4.69) is 335 Å². The van der Waals surface area contributed by atoms with Crippen molar-refractivity contribution >= 4 is 87.2 Å². The average molecular weight is 1090 g/mol. The second kappa shape index (κ2) is 19.1. The Bertz CT molecular complexity index is 5160. The highest BCUT2D eigenvalue weighted by Crippen LogP contribution is 2.51. The molecule has 17 aromatic rings. The first-order valence-electron chi connectivity index (χ1n) is 29.5. The van der Waals surface area contributed by atoms with Crippen LogP contribution in [0.3, 0.4) is 0 Å². The second-order valence-electron chi connectivity index (χ2n) is 23.2. The molecule has 0 N–H and O–H groups in total. The van der Waals surface area contributed by atoms with E-state index in [9.17, 15) is 0 Å². The van der Waals surface area contributed by atoms with Crippen molar-refractivity contribution in [2.45, 2.75) is 19.3 Å². The molecule has 85 heavy (non-hydrogen) atoms. The third kappa shape index (κ3) is 7.55. The van der Waals surface area contributed by atoms with Crippen LogP contribution in [0.15, 0.2) is 303 Å². The van der Waals surface area contributed by atoms with Crippen molar-refractivity contribution < 1.29 is 0 Å². The van der Waals surface area contributed by atoms with Gasteiger partial charge in [-0.1, -0.05) is 214 Å². The molecule has 4 heterocycles. The number of para-hydroxylation sites is 7. The Hall–Kier alpha value is -10.9. The summed E-state index contributed by atoms with van der Waals surface area (Å²) in [5, 5.41) is 10.3. The van der Waals surface area contributed by atoms with Crippen LogP contribution in [-0.2, 0) is 5.41 Å². The lowest BCUT2D eigenvalue weighted by Gasteiger charge is -2.21. The summed E-state index contributed by atoms with van der Waals surface area (Å²) in [7, 11) is 0. The summed E-state index contributed by atoms with van der Waals surface area (Å²) in [6.07, 6.45) is 0. The van der Waals surface area contributed by atoms with Gasteiger partial charge in [0.2, 0.25) is 0 Å². The van der Waals surface area contributed by atoms with Crippen molar-refractivity contribution in [1.82, 2.24) is 18.3 Å². The Balaban J connectivity index is 0.000000136. The summed E-state index contributed by atoms with van der Waals surface area (Å²) in [5.41, 5.74) is 24.9. The van der Waals surface area contributed by atoms with Crippen LogP contribution < -0.4 is 0 Å². The maximum atomic E-state index is 2.45. The van der Waals surface area contributed by atoms with E-state index in [4.69, 9.17) is 0 Å². The number of rotatable bonds is 6. The number of aromatic nitrogens is 4. The lowest BCUT2D eigenvalue weighted by atomic mass is 9.82.